The Morgan fingerprint density at radius 3 is 2.58 bits per heavy atom. The van der Waals surface area contributed by atoms with E-state index in [0.29, 0.717) is 26.1 Å². The molecule has 2 fully saturated rings. The predicted octanol–water partition coefficient (Wildman–Crippen LogP) is 2.85. The summed E-state index contributed by atoms with van der Waals surface area (Å²) >= 11 is 0. The second kappa shape index (κ2) is 6.49. The van der Waals surface area contributed by atoms with E-state index in [2.05, 4.69) is 0 Å². The van der Waals surface area contributed by atoms with Crippen LogP contribution in [0.1, 0.15) is 45.3 Å². The summed E-state index contributed by atoms with van der Waals surface area (Å²) in [6.45, 7) is 8.05. The standard InChI is InChI=1S/C18H26N2O4/c1-18(2,3)24-17(22)20-9-7-14(12-20)16(21)19-8-6-13(11-19)15-5-4-10-23-15/h4-5,10,13-14H,6-9,11-12H2,1-3H3. The fraction of sp³-hybridized carbons (Fsp3) is 0.667. The summed E-state index contributed by atoms with van der Waals surface area (Å²) in [5.74, 6) is 1.27. The third-order valence-corrected chi connectivity index (χ3v) is 4.63. The van der Waals surface area contributed by atoms with Gasteiger partial charge in [0.05, 0.1) is 12.2 Å². The maximum atomic E-state index is 12.7. The molecule has 0 aliphatic carbocycles. The van der Waals surface area contributed by atoms with Crippen LogP contribution < -0.4 is 0 Å². The molecule has 0 bridgehead atoms. The quantitative estimate of drug-likeness (QED) is 0.834. The summed E-state index contributed by atoms with van der Waals surface area (Å²) in [5.41, 5.74) is -0.510. The number of hydrogen-bond acceptors (Lipinski definition) is 4. The SMILES string of the molecule is CC(C)(C)OC(=O)N1CCC(C(=O)N2CCC(c3ccco3)C2)C1. The Bertz CT molecular complexity index is 591. The maximum absolute atomic E-state index is 12.7. The third kappa shape index (κ3) is 3.74. The summed E-state index contributed by atoms with van der Waals surface area (Å²) in [5, 5.41) is 0. The first-order chi connectivity index (χ1) is 11.3. The van der Waals surface area contributed by atoms with E-state index in [-0.39, 0.29) is 23.8 Å². The van der Waals surface area contributed by atoms with Gasteiger partial charge in [-0.25, -0.2) is 4.79 Å². The van der Waals surface area contributed by atoms with Crippen LogP contribution in [-0.4, -0.2) is 53.6 Å². The van der Waals surface area contributed by atoms with Gasteiger partial charge in [0.1, 0.15) is 11.4 Å². The van der Waals surface area contributed by atoms with Crippen molar-refractivity contribution in [2.75, 3.05) is 26.2 Å². The van der Waals surface area contributed by atoms with Gasteiger partial charge in [0.25, 0.3) is 0 Å². The number of ether oxygens (including phenoxy) is 1. The molecule has 132 valence electrons. The monoisotopic (exact) mass is 334 g/mol. The summed E-state index contributed by atoms with van der Waals surface area (Å²) in [6, 6.07) is 3.86. The molecule has 24 heavy (non-hydrogen) atoms. The van der Waals surface area contributed by atoms with Crippen molar-refractivity contribution in [2.45, 2.75) is 45.1 Å². The Hall–Kier alpha value is -1.98. The second-order valence-corrected chi connectivity index (χ2v) is 7.70. The van der Waals surface area contributed by atoms with Crippen LogP contribution in [0.5, 0.6) is 0 Å². The first-order valence-corrected chi connectivity index (χ1v) is 8.63. The Labute approximate surface area is 142 Å². The third-order valence-electron chi connectivity index (χ3n) is 4.63. The molecule has 6 nitrogen and oxygen atoms in total. The minimum atomic E-state index is -0.510. The van der Waals surface area contributed by atoms with Crippen molar-refractivity contribution in [1.82, 2.24) is 9.80 Å². The highest BCUT2D eigenvalue weighted by molar-refractivity contribution is 5.81. The van der Waals surface area contributed by atoms with Crippen molar-refractivity contribution in [3.05, 3.63) is 24.2 Å². The number of amides is 2. The number of nitrogens with zero attached hydrogens (tertiary/aromatic N) is 2. The molecular weight excluding hydrogens is 308 g/mol. The Morgan fingerprint density at radius 2 is 1.92 bits per heavy atom. The smallest absolute Gasteiger partial charge is 0.410 e. The van der Waals surface area contributed by atoms with Crippen molar-refractivity contribution >= 4 is 12.0 Å². The molecular formula is C18H26N2O4. The van der Waals surface area contributed by atoms with Gasteiger partial charge in [0.15, 0.2) is 0 Å². The molecule has 0 saturated carbocycles. The molecule has 2 amide bonds. The normalized spacial score (nSPS) is 24.5. The van der Waals surface area contributed by atoms with Gasteiger partial charge in [-0.2, -0.15) is 0 Å². The zero-order chi connectivity index (χ0) is 17.3. The molecule has 0 N–H and O–H groups in total. The van der Waals surface area contributed by atoms with Crippen LogP contribution in [0.25, 0.3) is 0 Å². The van der Waals surface area contributed by atoms with Crippen LogP contribution >= 0.6 is 0 Å². The van der Waals surface area contributed by atoms with Gasteiger partial charge in [-0.15, -0.1) is 0 Å². The first-order valence-electron chi connectivity index (χ1n) is 8.63. The van der Waals surface area contributed by atoms with Crippen LogP contribution in [0.4, 0.5) is 4.79 Å². The highest BCUT2D eigenvalue weighted by Crippen LogP contribution is 2.30. The molecule has 3 heterocycles. The summed E-state index contributed by atoms with van der Waals surface area (Å²) in [6.07, 6.45) is 2.99. The average molecular weight is 334 g/mol. The lowest BCUT2D eigenvalue weighted by molar-refractivity contribution is -0.134. The molecule has 2 unspecified atom stereocenters. The molecule has 0 aromatic carbocycles. The van der Waals surface area contributed by atoms with Gasteiger partial charge in [0.2, 0.25) is 5.91 Å². The van der Waals surface area contributed by atoms with Gasteiger partial charge >= 0.3 is 6.09 Å². The fourth-order valence-electron chi connectivity index (χ4n) is 3.43. The molecule has 2 atom stereocenters. The second-order valence-electron chi connectivity index (χ2n) is 7.70. The zero-order valence-corrected chi connectivity index (χ0v) is 14.7. The number of carbonyl (C=O) groups excluding carboxylic acids is 2. The molecule has 2 saturated heterocycles. The van der Waals surface area contributed by atoms with Gasteiger partial charge in [-0.3, -0.25) is 4.79 Å². The number of likely N-dealkylation sites (tertiary alicyclic amines) is 2. The van der Waals surface area contributed by atoms with Crippen molar-refractivity contribution < 1.29 is 18.7 Å². The molecule has 1 aromatic heterocycles. The van der Waals surface area contributed by atoms with E-state index >= 15 is 0 Å². The summed E-state index contributed by atoms with van der Waals surface area (Å²) < 4.78 is 10.8. The molecule has 3 rings (SSSR count). The van der Waals surface area contributed by atoms with Crippen molar-refractivity contribution in [3.8, 4) is 0 Å². The van der Waals surface area contributed by atoms with E-state index in [4.69, 9.17) is 9.15 Å². The average Bonchev–Trinajstić information content (AvgIpc) is 3.24. The molecule has 2 aliphatic rings. The molecule has 1 aromatic rings. The zero-order valence-electron chi connectivity index (χ0n) is 14.7. The molecule has 0 spiro atoms. The van der Waals surface area contributed by atoms with Crippen molar-refractivity contribution in [2.24, 2.45) is 5.92 Å². The molecule has 2 aliphatic heterocycles. The molecule has 0 radical (unpaired) electrons. The van der Waals surface area contributed by atoms with Gasteiger partial charge in [-0.05, 0) is 45.7 Å². The topological polar surface area (TPSA) is 63.0 Å². The number of rotatable bonds is 2. The lowest BCUT2D eigenvalue weighted by atomic mass is 10.1. The van der Waals surface area contributed by atoms with E-state index in [1.54, 1.807) is 11.2 Å². The van der Waals surface area contributed by atoms with Crippen LogP contribution in [0.3, 0.4) is 0 Å². The largest absolute Gasteiger partial charge is 0.469 e. The molecule has 6 heteroatoms. The summed E-state index contributed by atoms with van der Waals surface area (Å²) in [7, 11) is 0. The van der Waals surface area contributed by atoms with E-state index < -0.39 is 5.60 Å². The minimum Gasteiger partial charge on any atom is -0.469 e. The van der Waals surface area contributed by atoms with Crippen LogP contribution in [0, 0.1) is 5.92 Å². The highest BCUT2D eigenvalue weighted by Gasteiger charge is 2.38. The number of hydrogen-bond donors (Lipinski definition) is 0. The van der Waals surface area contributed by atoms with Crippen LogP contribution in [-0.2, 0) is 9.53 Å². The highest BCUT2D eigenvalue weighted by atomic mass is 16.6. The van der Waals surface area contributed by atoms with Gasteiger partial charge in [0, 0.05) is 32.1 Å². The Balaban J connectivity index is 1.53. The van der Waals surface area contributed by atoms with E-state index in [1.165, 1.54) is 0 Å². The number of carbonyl (C=O) groups is 2. The van der Waals surface area contributed by atoms with Gasteiger partial charge < -0.3 is 19.0 Å². The lowest BCUT2D eigenvalue weighted by Gasteiger charge is -2.25. The maximum Gasteiger partial charge on any atom is 0.410 e. The lowest BCUT2D eigenvalue weighted by Crippen LogP contribution is -2.38. The summed E-state index contributed by atoms with van der Waals surface area (Å²) in [4.78, 5) is 28.4. The van der Waals surface area contributed by atoms with Crippen molar-refractivity contribution in [1.29, 1.82) is 0 Å². The fourth-order valence-corrected chi connectivity index (χ4v) is 3.43. The first kappa shape index (κ1) is 16.9. The van der Waals surface area contributed by atoms with Crippen molar-refractivity contribution in [3.63, 3.8) is 0 Å². The van der Waals surface area contributed by atoms with E-state index in [9.17, 15) is 9.59 Å². The van der Waals surface area contributed by atoms with Gasteiger partial charge in [-0.1, -0.05) is 0 Å². The minimum absolute atomic E-state index is 0.118. The number of furan rings is 1. The van der Waals surface area contributed by atoms with Crippen LogP contribution in [0.15, 0.2) is 22.8 Å². The Kier molecular flexibility index (Phi) is 4.56. The van der Waals surface area contributed by atoms with E-state index in [0.717, 1.165) is 18.7 Å². The predicted molar refractivity (Wildman–Crippen MR) is 88.6 cm³/mol. The van der Waals surface area contributed by atoms with E-state index in [1.807, 2.05) is 37.8 Å². The van der Waals surface area contributed by atoms with Crippen LogP contribution in [0.2, 0.25) is 0 Å². The Morgan fingerprint density at radius 1 is 1.17 bits per heavy atom.